The Morgan fingerprint density at radius 1 is 1.19 bits per heavy atom. The smallest absolute Gasteiger partial charge is 0.191 e. The average Bonchev–Trinajstić information content (AvgIpc) is 3.42. The van der Waals surface area contributed by atoms with E-state index in [1.54, 1.807) is 0 Å². The van der Waals surface area contributed by atoms with Crippen molar-refractivity contribution in [2.24, 2.45) is 5.92 Å². The predicted octanol–water partition coefficient (Wildman–Crippen LogP) is 2.21. The van der Waals surface area contributed by atoms with E-state index in [2.05, 4.69) is 20.1 Å². The monoisotopic (exact) mass is 308 g/mol. The van der Waals surface area contributed by atoms with E-state index in [0.717, 1.165) is 37.2 Å². The molecule has 1 atom stereocenters. The second-order valence-corrected chi connectivity index (χ2v) is 7.56. The first-order chi connectivity index (χ1) is 10.4. The summed E-state index contributed by atoms with van der Waals surface area (Å²) in [6.07, 6.45) is 6.44. The first-order valence-electron chi connectivity index (χ1n) is 8.28. The third-order valence-electron chi connectivity index (χ3n) is 4.51. The van der Waals surface area contributed by atoms with E-state index in [9.17, 15) is 0 Å². The molecule has 1 aliphatic heterocycles. The lowest BCUT2D eigenvalue weighted by atomic mass is 10.1. The lowest BCUT2D eigenvalue weighted by Crippen LogP contribution is -2.25. The zero-order valence-corrected chi connectivity index (χ0v) is 13.3. The molecule has 2 heterocycles. The Hall–Kier alpha value is -0.590. The fraction of sp³-hybridized carbons (Fsp3) is 0.867. The van der Waals surface area contributed by atoms with Crippen molar-refractivity contribution in [3.63, 3.8) is 0 Å². The molecule has 21 heavy (non-hydrogen) atoms. The third-order valence-corrected chi connectivity index (χ3v) is 5.46. The molecule has 6 heteroatoms. The minimum absolute atomic E-state index is 0.696. The molecule has 3 aliphatic rings. The fourth-order valence-electron chi connectivity index (χ4n) is 2.95. The van der Waals surface area contributed by atoms with Gasteiger partial charge in [0.15, 0.2) is 5.16 Å². The van der Waals surface area contributed by atoms with Crippen molar-refractivity contribution in [2.75, 3.05) is 32.1 Å². The van der Waals surface area contributed by atoms with E-state index in [0.29, 0.717) is 17.9 Å². The van der Waals surface area contributed by atoms with Crippen LogP contribution in [0.3, 0.4) is 0 Å². The molecule has 0 amide bonds. The lowest BCUT2D eigenvalue weighted by molar-refractivity contribution is 0.185. The van der Waals surface area contributed by atoms with Crippen LogP contribution in [0.1, 0.15) is 49.9 Å². The Labute approximate surface area is 130 Å². The highest BCUT2D eigenvalue weighted by molar-refractivity contribution is 7.99. The van der Waals surface area contributed by atoms with Crippen LogP contribution >= 0.6 is 11.8 Å². The van der Waals surface area contributed by atoms with Gasteiger partial charge in [-0.1, -0.05) is 11.8 Å². The van der Waals surface area contributed by atoms with Gasteiger partial charge in [-0.15, -0.1) is 10.2 Å². The summed E-state index contributed by atoms with van der Waals surface area (Å²) in [6.45, 7) is 4.00. The van der Waals surface area contributed by atoms with Crippen molar-refractivity contribution in [2.45, 2.75) is 49.2 Å². The number of thioether (sulfide) groups is 1. The molecule has 0 radical (unpaired) electrons. The van der Waals surface area contributed by atoms with Gasteiger partial charge in [-0.2, -0.15) is 0 Å². The molecule has 1 saturated heterocycles. The van der Waals surface area contributed by atoms with Crippen LogP contribution in [0.15, 0.2) is 5.16 Å². The summed E-state index contributed by atoms with van der Waals surface area (Å²) in [5.41, 5.74) is 0. The van der Waals surface area contributed by atoms with Gasteiger partial charge in [-0.25, -0.2) is 0 Å². The molecule has 0 aromatic carbocycles. The molecule has 1 aromatic rings. The molecule has 116 valence electrons. The second-order valence-electron chi connectivity index (χ2n) is 6.50. The minimum atomic E-state index is 0.696. The first-order valence-corrected chi connectivity index (χ1v) is 9.26. The van der Waals surface area contributed by atoms with Gasteiger partial charge in [-0.3, -0.25) is 0 Å². The molecular weight excluding hydrogens is 284 g/mol. The number of hydrogen-bond donors (Lipinski definition) is 1. The van der Waals surface area contributed by atoms with Crippen LogP contribution < -0.4 is 5.32 Å². The van der Waals surface area contributed by atoms with Gasteiger partial charge in [0.1, 0.15) is 5.82 Å². The maximum absolute atomic E-state index is 5.40. The molecule has 3 fully saturated rings. The van der Waals surface area contributed by atoms with E-state index in [1.165, 1.54) is 37.9 Å². The summed E-state index contributed by atoms with van der Waals surface area (Å²) in [5.74, 6) is 3.75. The van der Waals surface area contributed by atoms with E-state index in [1.807, 2.05) is 11.8 Å². The number of rotatable bonds is 8. The second kappa shape index (κ2) is 6.26. The fourth-order valence-corrected chi connectivity index (χ4v) is 3.86. The Kier molecular flexibility index (Phi) is 4.18. The highest BCUT2D eigenvalue weighted by Gasteiger charge is 2.36. The SMILES string of the molecule is C(CSc1nnc(C2CC2)n1C1CC1)NCC1CCOC1. The molecule has 4 rings (SSSR count). The molecule has 1 N–H and O–H groups in total. The normalized spacial score (nSPS) is 25.6. The maximum Gasteiger partial charge on any atom is 0.191 e. The largest absolute Gasteiger partial charge is 0.381 e. The predicted molar refractivity (Wildman–Crippen MR) is 82.8 cm³/mol. The molecule has 1 aromatic heterocycles. The summed E-state index contributed by atoms with van der Waals surface area (Å²) < 4.78 is 7.83. The topological polar surface area (TPSA) is 52.0 Å². The molecule has 0 bridgehead atoms. The minimum Gasteiger partial charge on any atom is -0.381 e. The molecule has 1 unspecified atom stereocenters. The standard InChI is InChI=1S/C15H24N4OS/c1-2-12(1)14-17-18-15(19(14)13-3-4-13)21-8-6-16-9-11-5-7-20-10-11/h11-13,16H,1-10H2. The van der Waals surface area contributed by atoms with Gasteiger partial charge in [0.05, 0.1) is 6.61 Å². The number of hydrogen-bond acceptors (Lipinski definition) is 5. The number of nitrogens with one attached hydrogen (secondary N) is 1. The highest BCUT2D eigenvalue weighted by Crippen LogP contribution is 2.45. The van der Waals surface area contributed by atoms with Crippen LogP contribution in [0, 0.1) is 5.92 Å². The van der Waals surface area contributed by atoms with Crippen molar-refractivity contribution in [3.8, 4) is 0 Å². The van der Waals surface area contributed by atoms with Gasteiger partial charge in [0.25, 0.3) is 0 Å². The Morgan fingerprint density at radius 3 is 2.81 bits per heavy atom. The van der Waals surface area contributed by atoms with Crippen LogP contribution in [0.5, 0.6) is 0 Å². The van der Waals surface area contributed by atoms with Crippen LogP contribution in [-0.4, -0.2) is 46.8 Å². The summed E-state index contributed by atoms with van der Waals surface area (Å²) in [6, 6.07) is 0.696. The summed E-state index contributed by atoms with van der Waals surface area (Å²) >= 11 is 1.86. The van der Waals surface area contributed by atoms with Crippen LogP contribution in [-0.2, 0) is 4.74 Å². The molecule has 5 nitrogen and oxygen atoms in total. The van der Waals surface area contributed by atoms with Crippen LogP contribution in [0.25, 0.3) is 0 Å². The number of nitrogens with zero attached hydrogens (tertiary/aromatic N) is 3. The Balaban J connectivity index is 1.25. The van der Waals surface area contributed by atoms with Gasteiger partial charge in [0, 0.05) is 37.4 Å². The zero-order chi connectivity index (χ0) is 14.1. The van der Waals surface area contributed by atoms with E-state index in [4.69, 9.17) is 4.74 Å². The van der Waals surface area contributed by atoms with Crippen molar-refractivity contribution < 1.29 is 4.74 Å². The molecule has 2 saturated carbocycles. The molecular formula is C15H24N4OS. The van der Waals surface area contributed by atoms with Crippen molar-refractivity contribution in [1.82, 2.24) is 20.1 Å². The van der Waals surface area contributed by atoms with E-state index < -0.39 is 0 Å². The van der Waals surface area contributed by atoms with Crippen molar-refractivity contribution in [3.05, 3.63) is 5.82 Å². The molecule has 2 aliphatic carbocycles. The van der Waals surface area contributed by atoms with Crippen molar-refractivity contribution in [1.29, 1.82) is 0 Å². The van der Waals surface area contributed by atoms with Crippen LogP contribution in [0.4, 0.5) is 0 Å². The summed E-state index contributed by atoms with van der Waals surface area (Å²) in [5, 5.41) is 13.6. The highest BCUT2D eigenvalue weighted by atomic mass is 32.2. The Morgan fingerprint density at radius 2 is 2.10 bits per heavy atom. The van der Waals surface area contributed by atoms with Gasteiger partial charge in [-0.05, 0) is 38.0 Å². The van der Waals surface area contributed by atoms with Crippen molar-refractivity contribution >= 4 is 11.8 Å². The summed E-state index contributed by atoms with van der Waals surface area (Å²) in [7, 11) is 0. The number of aromatic nitrogens is 3. The average molecular weight is 308 g/mol. The molecule has 0 spiro atoms. The quantitative estimate of drug-likeness (QED) is 0.589. The van der Waals surface area contributed by atoms with Gasteiger partial charge in [0.2, 0.25) is 0 Å². The van der Waals surface area contributed by atoms with E-state index >= 15 is 0 Å². The zero-order valence-electron chi connectivity index (χ0n) is 12.5. The van der Waals surface area contributed by atoms with E-state index in [-0.39, 0.29) is 0 Å². The van der Waals surface area contributed by atoms with Gasteiger partial charge >= 0.3 is 0 Å². The lowest BCUT2D eigenvalue weighted by Gasteiger charge is -2.10. The number of ether oxygens (including phenoxy) is 1. The van der Waals surface area contributed by atoms with Crippen LogP contribution in [0.2, 0.25) is 0 Å². The first kappa shape index (κ1) is 14.0. The Bertz CT molecular complexity index is 478. The van der Waals surface area contributed by atoms with Gasteiger partial charge < -0.3 is 14.6 Å². The maximum atomic E-state index is 5.40. The third kappa shape index (κ3) is 3.43. The summed E-state index contributed by atoms with van der Waals surface area (Å²) in [4.78, 5) is 0.